The average molecular weight is 288 g/mol. The second kappa shape index (κ2) is 5.97. The summed E-state index contributed by atoms with van der Waals surface area (Å²) >= 11 is 0. The number of aromatic nitrogens is 2. The molecule has 112 valence electrons. The van der Waals surface area contributed by atoms with Gasteiger partial charge in [0.15, 0.2) is 5.69 Å². The number of benzene rings is 1. The number of rotatable bonds is 5. The highest BCUT2D eigenvalue weighted by Gasteiger charge is 2.19. The lowest BCUT2D eigenvalue weighted by atomic mass is 10.0. The maximum atomic E-state index is 12.0. The molecule has 6 nitrogen and oxygen atoms in total. The van der Waals surface area contributed by atoms with E-state index in [2.05, 4.69) is 10.4 Å². The summed E-state index contributed by atoms with van der Waals surface area (Å²) in [5.74, 6) is -0.322. The molecule has 1 heterocycles. The van der Waals surface area contributed by atoms with Gasteiger partial charge in [-0.1, -0.05) is 19.1 Å². The van der Waals surface area contributed by atoms with Crippen LogP contribution in [-0.2, 0) is 0 Å². The number of anilines is 1. The van der Waals surface area contributed by atoms with Gasteiger partial charge in [0.2, 0.25) is 0 Å². The van der Waals surface area contributed by atoms with Crippen molar-refractivity contribution in [2.75, 3.05) is 12.3 Å². The molecule has 1 unspecified atom stereocenters. The SMILES string of the molecule is CCC(C)(O)CNC(=O)c1ccn(-c2ccccc2N)n1. The topological polar surface area (TPSA) is 93.2 Å². The molecule has 0 aliphatic heterocycles. The van der Waals surface area contributed by atoms with E-state index in [-0.39, 0.29) is 18.1 Å². The summed E-state index contributed by atoms with van der Waals surface area (Å²) in [4.78, 5) is 12.0. The van der Waals surface area contributed by atoms with Gasteiger partial charge in [0.1, 0.15) is 0 Å². The van der Waals surface area contributed by atoms with Gasteiger partial charge in [-0.05, 0) is 31.5 Å². The van der Waals surface area contributed by atoms with E-state index in [0.717, 1.165) is 5.69 Å². The lowest BCUT2D eigenvalue weighted by Gasteiger charge is -2.21. The van der Waals surface area contributed by atoms with Crippen molar-refractivity contribution in [2.24, 2.45) is 0 Å². The van der Waals surface area contributed by atoms with Gasteiger partial charge < -0.3 is 16.2 Å². The number of hydrogen-bond acceptors (Lipinski definition) is 4. The summed E-state index contributed by atoms with van der Waals surface area (Å²) in [6.07, 6.45) is 2.24. The van der Waals surface area contributed by atoms with E-state index >= 15 is 0 Å². The number of nitrogens with zero attached hydrogens (tertiary/aromatic N) is 2. The van der Waals surface area contributed by atoms with Crippen LogP contribution in [0.3, 0.4) is 0 Å². The third-order valence-electron chi connectivity index (χ3n) is 3.40. The van der Waals surface area contributed by atoms with Gasteiger partial charge >= 0.3 is 0 Å². The quantitative estimate of drug-likeness (QED) is 0.724. The Hall–Kier alpha value is -2.34. The van der Waals surface area contributed by atoms with Gasteiger partial charge in [-0.15, -0.1) is 0 Å². The van der Waals surface area contributed by atoms with Crippen molar-refractivity contribution in [1.82, 2.24) is 15.1 Å². The Morgan fingerprint density at radius 1 is 1.43 bits per heavy atom. The minimum absolute atomic E-state index is 0.183. The monoisotopic (exact) mass is 288 g/mol. The van der Waals surface area contributed by atoms with Crippen molar-refractivity contribution < 1.29 is 9.90 Å². The Labute approximate surface area is 123 Å². The van der Waals surface area contributed by atoms with E-state index in [9.17, 15) is 9.90 Å². The number of nitrogens with two attached hydrogens (primary N) is 1. The number of nitrogens with one attached hydrogen (secondary N) is 1. The van der Waals surface area contributed by atoms with Crippen molar-refractivity contribution in [2.45, 2.75) is 25.9 Å². The molecule has 2 aromatic rings. The van der Waals surface area contributed by atoms with Gasteiger partial charge in [0.05, 0.1) is 17.0 Å². The lowest BCUT2D eigenvalue weighted by molar-refractivity contribution is 0.0517. The van der Waals surface area contributed by atoms with Crippen molar-refractivity contribution in [1.29, 1.82) is 0 Å². The molecular weight excluding hydrogens is 268 g/mol. The summed E-state index contributed by atoms with van der Waals surface area (Å²) < 4.78 is 1.56. The first-order valence-corrected chi connectivity index (χ1v) is 6.84. The zero-order chi connectivity index (χ0) is 15.5. The molecule has 1 amide bonds. The Morgan fingerprint density at radius 3 is 2.81 bits per heavy atom. The minimum Gasteiger partial charge on any atom is -0.397 e. The van der Waals surface area contributed by atoms with Crippen LogP contribution in [0.1, 0.15) is 30.8 Å². The molecule has 0 saturated carbocycles. The van der Waals surface area contributed by atoms with Gasteiger partial charge in [0, 0.05) is 12.7 Å². The van der Waals surface area contributed by atoms with E-state index in [1.807, 2.05) is 25.1 Å². The maximum absolute atomic E-state index is 12.0. The number of amides is 1. The summed E-state index contributed by atoms with van der Waals surface area (Å²) in [6.45, 7) is 3.72. The fourth-order valence-electron chi connectivity index (χ4n) is 1.76. The predicted molar refractivity (Wildman–Crippen MR) is 81.2 cm³/mol. The standard InChI is InChI=1S/C15H20N4O2/c1-3-15(2,21)10-17-14(20)12-8-9-19(18-12)13-7-5-4-6-11(13)16/h4-9,21H,3,10,16H2,1-2H3,(H,17,20). The minimum atomic E-state index is -0.915. The largest absolute Gasteiger partial charge is 0.397 e. The summed E-state index contributed by atoms with van der Waals surface area (Å²) in [7, 11) is 0. The van der Waals surface area contributed by atoms with E-state index in [0.29, 0.717) is 12.1 Å². The van der Waals surface area contributed by atoms with E-state index < -0.39 is 5.60 Å². The third kappa shape index (κ3) is 3.61. The van der Waals surface area contributed by atoms with Crippen LogP contribution in [0.5, 0.6) is 0 Å². The number of nitrogen functional groups attached to an aromatic ring is 1. The molecule has 0 aliphatic rings. The molecule has 21 heavy (non-hydrogen) atoms. The second-order valence-corrected chi connectivity index (χ2v) is 5.24. The van der Waals surface area contributed by atoms with Crippen LogP contribution in [-0.4, -0.2) is 32.9 Å². The van der Waals surface area contributed by atoms with E-state index in [1.165, 1.54) is 0 Å². The Kier molecular flexibility index (Phi) is 4.28. The van der Waals surface area contributed by atoms with Crippen LogP contribution < -0.4 is 11.1 Å². The van der Waals surface area contributed by atoms with Crippen LogP contribution in [0.25, 0.3) is 5.69 Å². The molecule has 0 saturated heterocycles. The molecule has 0 spiro atoms. The first-order valence-electron chi connectivity index (χ1n) is 6.84. The lowest BCUT2D eigenvalue weighted by Crippen LogP contribution is -2.40. The average Bonchev–Trinajstić information content (AvgIpc) is 2.95. The number of carbonyl (C=O) groups excluding carboxylic acids is 1. The van der Waals surface area contributed by atoms with E-state index in [4.69, 9.17) is 5.73 Å². The Balaban J connectivity index is 2.10. The van der Waals surface area contributed by atoms with Crippen molar-refractivity contribution in [3.63, 3.8) is 0 Å². The maximum Gasteiger partial charge on any atom is 0.271 e. The molecular formula is C15H20N4O2. The smallest absolute Gasteiger partial charge is 0.271 e. The molecule has 1 aromatic heterocycles. The van der Waals surface area contributed by atoms with Crippen LogP contribution in [0, 0.1) is 0 Å². The highest BCUT2D eigenvalue weighted by atomic mass is 16.3. The highest BCUT2D eigenvalue weighted by molar-refractivity contribution is 5.92. The molecule has 0 aliphatic carbocycles. The molecule has 6 heteroatoms. The molecule has 1 aromatic carbocycles. The number of hydrogen-bond donors (Lipinski definition) is 3. The molecule has 0 bridgehead atoms. The number of carbonyl (C=O) groups is 1. The number of para-hydroxylation sites is 2. The van der Waals surface area contributed by atoms with Crippen molar-refractivity contribution >= 4 is 11.6 Å². The molecule has 1 atom stereocenters. The summed E-state index contributed by atoms with van der Waals surface area (Å²) in [5, 5.41) is 16.8. The van der Waals surface area contributed by atoms with Gasteiger partial charge in [0.25, 0.3) is 5.91 Å². The zero-order valence-electron chi connectivity index (χ0n) is 12.2. The fourth-order valence-corrected chi connectivity index (χ4v) is 1.76. The third-order valence-corrected chi connectivity index (χ3v) is 3.40. The van der Waals surface area contributed by atoms with E-state index in [1.54, 1.807) is 29.9 Å². The zero-order valence-corrected chi connectivity index (χ0v) is 12.2. The normalized spacial score (nSPS) is 13.7. The summed E-state index contributed by atoms with van der Waals surface area (Å²) in [5.41, 5.74) is 6.55. The molecule has 2 rings (SSSR count). The fraction of sp³-hybridized carbons (Fsp3) is 0.333. The summed E-state index contributed by atoms with van der Waals surface area (Å²) in [6, 6.07) is 8.90. The van der Waals surface area contributed by atoms with Crippen LogP contribution in [0.15, 0.2) is 36.5 Å². The first kappa shape index (κ1) is 15.1. The Bertz CT molecular complexity index is 634. The van der Waals surface area contributed by atoms with Crippen LogP contribution >= 0.6 is 0 Å². The highest BCUT2D eigenvalue weighted by Crippen LogP contribution is 2.15. The first-order chi connectivity index (χ1) is 9.93. The van der Waals surface area contributed by atoms with Crippen molar-refractivity contribution in [3.8, 4) is 5.69 Å². The van der Waals surface area contributed by atoms with Gasteiger partial charge in [-0.25, -0.2) is 4.68 Å². The van der Waals surface area contributed by atoms with Crippen molar-refractivity contribution in [3.05, 3.63) is 42.2 Å². The molecule has 4 N–H and O–H groups in total. The predicted octanol–water partition coefficient (Wildman–Crippen LogP) is 1.35. The molecule has 0 fully saturated rings. The Morgan fingerprint density at radius 2 is 2.14 bits per heavy atom. The van der Waals surface area contributed by atoms with Gasteiger partial charge in [-0.3, -0.25) is 4.79 Å². The van der Waals surface area contributed by atoms with Gasteiger partial charge in [-0.2, -0.15) is 5.10 Å². The molecule has 0 radical (unpaired) electrons. The second-order valence-electron chi connectivity index (χ2n) is 5.24. The van der Waals surface area contributed by atoms with Crippen LogP contribution in [0.2, 0.25) is 0 Å². The number of aliphatic hydroxyl groups is 1. The van der Waals surface area contributed by atoms with Crippen LogP contribution in [0.4, 0.5) is 5.69 Å².